The van der Waals surface area contributed by atoms with Crippen molar-refractivity contribution >= 4 is 28.4 Å². The Labute approximate surface area is 360 Å². The van der Waals surface area contributed by atoms with Crippen LogP contribution in [0, 0.1) is 0 Å². The fourth-order valence-electron chi connectivity index (χ4n) is 9.37. The summed E-state index contributed by atoms with van der Waals surface area (Å²) in [6.07, 6.45) is 4.47. The lowest BCUT2D eigenvalue weighted by Crippen LogP contribution is -2.30. The smallest absolute Gasteiger partial charge is 0.167 e. The Morgan fingerprint density at radius 3 is 1.55 bits per heavy atom. The summed E-state index contributed by atoms with van der Waals surface area (Å²) in [5, 5.41) is 1.06. The van der Waals surface area contributed by atoms with E-state index in [9.17, 15) is 0 Å². The first kappa shape index (κ1) is 35.8. The van der Waals surface area contributed by atoms with Gasteiger partial charge in [-0.15, -0.1) is 0 Å². The normalized spacial score (nSPS) is 15.0. The van der Waals surface area contributed by atoms with Crippen LogP contribution in [0.4, 0.5) is 11.4 Å². The van der Waals surface area contributed by atoms with Gasteiger partial charge in [0.05, 0.1) is 11.6 Å². The van der Waals surface area contributed by atoms with Gasteiger partial charge in [0.1, 0.15) is 11.3 Å². The number of anilines is 2. The zero-order valence-electron chi connectivity index (χ0n) is 33.6. The van der Waals surface area contributed by atoms with Gasteiger partial charge in [-0.2, -0.15) is 0 Å². The number of furan rings is 1. The summed E-state index contributed by atoms with van der Waals surface area (Å²) in [6.45, 7) is 0. The zero-order chi connectivity index (χ0) is 41.0. The van der Waals surface area contributed by atoms with E-state index in [2.05, 4.69) is 211 Å². The summed E-state index contributed by atoms with van der Waals surface area (Å²) >= 11 is 0. The number of nitrogens with zero attached hydrogens (tertiary/aromatic N) is 4. The molecule has 1 aliphatic heterocycles. The number of hydrogen-bond acceptors (Lipinski definition) is 5. The molecular formula is C57H38N4O. The van der Waals surface area contributed by atoms with Crippen LogP contribution < -0.4 is 4.90 Å². The number of hydrogen-bond donors (Lipinski definition) is 0. The highest BCUT2D eigenvalue weighted by atomic mass is 16.3. The lowest BCUT2D eigenvalue weighted by molar-refractivity contribution is 0.584. The number of rotatable bonds is 7. The third-order valence-electron chi connectivity index (χ3n) is 12.3. The van der Waals surface area contributed by atoms with Crippen LogP contribution in [0.5, 0.6) is 0 Å². The maximum atomic E-state index is 6.93. The first-order valence-electron chi connectivity index (χ1n) is 21.1. The van der Waals surface area contributed by atoms with Gasteiger partial charge in [0, 0.05) is 39.4 Å². The maximum absolute atomic E-state index is 6.93. The second kappa shape index (κ2) is 14.8. The molecule has 0 N–H and O–H groups in total. The molecule has 12 rings (SSSR count). The van der Waals surface area contributed by atoms with Crippen molar-refractivity contribution in [2.75, 3.05) is 4.90 Å². The number of benzene rings is 8. The summed E-state index contributed by atoms with van der Waals surface area (Å²) in [5.74, 6) is 2.68. The topological polar surface area (TPSA) is 55.1 Å². The van der Waals surface area contributed by atoms with Crippen molar-refractivity contribution in [1.29, 1.82) is 0 Å². The summed E-state index contributed by atoms with van der Waals surface area (Å²) in [7, 11) is 0. The van der Waals surface area contributed by atoms with Crippen LogP contribution in [0.1, 0.15) is 22.8 Å². The Morgan fingerprint density at radius 1 is 0.419 bits per heavy atom. The SMILES string of the molecule is C1=CC2C(c3ccccc3N2c2cccc(-c3ccccc3)c2)c2c1oc1c(-c3nc(-c4ccc(-c5ccccc5)cc4)nc(-c4ccc(-c5ccccc5)cc4)n3)cccc21. The van der Waals surface area contributed by atoms with Crippen molar-refractivity contribution in [1.82, 2.24) is 15.0 Å². The number of fused-ring (bicyclic) bond motifs is 7. The fourth-order valence-corrected chi connectivity index (χ4v) is 9.37. The van der Waals surface area contributed by atoms with Crippen LogP contribution in [0.15, 0.2) is 217 Å². The van der Waals surface area contributed by atoms with Gasteiger partial charge in [0.25, 0.3) is 0 Å². The van der Waals surface area contributed by atoms with E-state index in [1.54, 1.807) is 0 Å². The van der Waals surface area contributed by atoms with E-state index in [1.165, 1.54) is 27.9 Å². The van der Waals surface area contributed by atoms with Crippen molar-refractivity contribution in [2.24, 2.45) is 0 Å². The number of aromatic nitrogens is 3. The summed E-state index contributed by atoms with van der Waals surface area (Å²) in [6, 6.07) is 72.5. The molecule has 5 heteroatoms. The maximum Gasteiger partial charge on any atom is 0.167 e. The van der Waals surface area contributed by atoms with E-state index in [0.29, 0.717) is 17.5 Å². The molecule has 0 bridgehead atoms. The number of para-hydroxylation sites is 2. The van der Waals surface area contributed by atoms with Gasteiger partial charge in [-0.3, -0.25) is 0 Å². The minimum atomic E-state index is 0.0545. The molecule has 2 aliphatic rings. The van der Waals surface area contributed by atoms with Gasteiger partial charge in [-0.25, -0.2) is 15.0 Å². The molecule has 3 heterocycles. The van der Waals surface area contributed by atoms with Crippen LogP contribution in [0.2, 0.25) is 0 Å². The molecule has 62 heavy (non-hydrogen) atoms. The van der Waals surface area contributed by atoms with Crippen LogP contribution in [0.3, 0.4) is 0 Å². The second-order valence-electron chi connectivity index (χ2n) is 15.9. The van der Waals surface area contributed by atoms with Crippen molar-refractivity contribution in [3.63, 3.8) is 0 Å². The van der Waals surface area contributed by atoms with Gasteiger partial charge in [-0.05, 0) is 69.3 Å². The monoisotopic (exact) mass is 794 g/mol. The third kappa shape index (κ3) is 6.13. The highest BCUT2D eigenvalue weighted by Crippen LogP contribution is 2.54. The van der Waals surface area contributed by atoms with Crippen LogP contribution >= 0.6 is 0 Å². The van der Waals surface area contributed by atoms with Gasteiger partial charge in [-0.1, -0.05) is 188 Å². The van der Waals surface area contributed by atoms with E-state index in [1.807, 2.05) is 12.1 Å². The molecule has 10 aromatic rings. The molecule has 0 saturated heterocycles. The summed E-state index contributed by atoms with van der Waals surface area (Å²) in [5.41, 5.74) is 15.2. The first-order chi connectivity index (χ1) is 30.7. The summed E-state index contributed by atoms with van der Waals surface area (Å²) < 4.78 is 6.93. The quantitative estimate of drug-likeness (QED) is 0.161. The van der Waals surface area contributed by atoms with Crippen molar-refractivity contribution < 1.29 is 4.42 Å². The molecule has 0 radical (unpaired) electrons. The fraction of sp³-hybridized carbons (Fsp3) is 0.0351. The van der Waals surface area contributed by atoms with E-state index in [-0.39, 0.29) is 12.0 Å². The van der Waals surface area contributed by atoms with E-state index >= 15 is 0 Å². The molecule has 292 valence electrons. The Morgan fingerprint density at radius 2 is 0.919 bits per heavy atom. The average Bonchev–Trinajstić information content (AvgIpc) is 3.91. The lowest BCUT2D eigenvalue weighted by Gasteiger charge is -2.30. The molecular weight excluding hydrogens is 757 g/mol. The Kier molecular flexibility index (Phi) is 8.56. The molecule has 5 nitrogen and oxygen atoms in total. The molecule has 0 spiro atoms. The van der Waals surface area contributed by atoms with Gasteiger partial charge in [0.15, 0.2) is 17.5 Å². The van der Waals surface area contributed by atoms with E-state index in [4.69, 9.17) is 19.4 Å². The lowest BCUT2D eigenvalue weighted by atomic mass is 9.82. The van der Waals surface area contributed by atoms with Crippen LogP contribution in [0.25, 0.3) is 84.6 Å². The average molecular weight is 795 g/mol. The highest BCUT2D eigenvalue weighted by molar-refractivity contribution is 5.97. The Balaban J connectivity index is 0.976. The second-order valence-corrected chi connectivity index (χ2v) is 15.9. The Hall–Kier alpha value is -8.15. The molecule has 0 fully saturated rings. The van der Waals surface area contributed by atoms with E-state index < -0.39 is 0 Å². The standard InChI is InChI=1S/C57H38N4O/c1-4-14-37(15-5-1)40-26-30-42(31-27-40)55-58-56(43-32-28-41(29-33-43)38-16-6-2-7-17-38)60-57(59-55)48-24-13-23-47-53-51(62-54(47)48)35-34-50-52(53)46-22-10-11-25-49(46)61(50)45-21-12-20-44(36-45)39-18-8-3-9-19-39/h1-36,50,52H. The summed E-state index contributed by atoms with van der Waals surface area (Å²) in [4.78, 5) is 18.0. The molecule has 2 atom stereocenters. The van der Waals surface area contributed by atoms with E-state index in [0.717, 1.165) is 61.4 Å². The minimum absolute atomic E-state index is 0.0545. The van der Waals surface area contributed by atoms with Crippen molar-refractivity contribution in [2.45, 2.75) is 12.0 Å². The zero-order valence-corrected chi connectivity index (χ0v) is 33.6. The van der Waals surface area contributed by atoms with Crippen molar-refractivity contribution in [3.8, 4) is 67.5 Å². The minimum Gasteiger partial charge on any atom is -0.456 e. The third-order valence-corrected chi connectivity index (χ3v) is 12.3. The highest BCUT2D eigenvalue weighted by Gasteiger charge is 2.43. The molecule has 1 aliphatic carbocycles. The molecule has 8 aromatic carbocycles. The molecule has 2 unspecified atom stereocenters. The molecule has 2 aromatic heterocycles. The van der Waals surface area contributed by atoms with Gasteiger partial charge in [0.2, 0.25) is 0 Å². The van der Waals surface area contributed by atoms with Gasteiger partial charge >= 0.3 is 0 Å². The molecule has 0 saturated carbocycles. The predicted octanol–water partition coefficient (Wildman–Crippen LogP) is 14.3. The Bertz CT molecular complexity index is 3180. The van der Waals surface area contributed by atoms with Crippen molar-refractivity contribution in [3.05, 3.63) is 229 Å². The van der Waals surface area contributed by atoms with Crippen LogP contribution in [-0.4, -0.2) is 21.0 Å². The van der Waals surface area contributed by atoms with Crippen LogP contribution in [-0.2, 0) is 0 Å². The van der Waals surface area contributed by atoms with Gasteiger partial charge < -0.3 is 9.32 Å². The molecule has 0 amide bonds. The largest absolute Gasteiger partial charge is 0.456 e. The predicted molar refractivity (Wildman–Crippen MR) is 252 cm³/mol. The first-order valence-corrected chi connectivity index (χ1v) is 21.1.